The second-order valence-corrected chi connectivity index (χ2v) is 10.1. The minimum atomic E-state index is -0.318. The van der Waals surface area contributed by atoms with Gasteiger partial charge < -0.3 is 22.3 Å². The molecule has 0 atom stereocenters. The van der Waals surface area contributed by atoms with Gasteiger partial charge in [0.15, 0.2) is 0 Å². The number of rotatable bonds is 12. The zero-order chi connectivity index (χ0) is 20.9. The van der Waals surface area contributed by atoms with Crippen LogP contribution in [0.15, 0.2) is 6.20 Å². The summed E-state index contributed by atoms with van der Waals surface area (Å²) in [6.07, 6.45) is 6.86. The summed E-state index contributed by atoms with van der Waals surface area (Å²) < 4.78 is 7.95. The molecule has 0 aromatic carbocycles. The molecule has 0 aliphatic carbocycles. The summed E-state index contributed by atoms with van der Waals surface area (Å²) >= 11 is 0. The Balaban J connectivity index is 0. The van der Waals surface area contributed by atoms with Crippen molar-refractivity contribution in [2.75, 3.05) is 13.7 Å². The molecule has 7 heteroatoms. The molecule has 1 aromatic heterocycles. The van der Waals surface area contributed by atoms with Gasteiger partial charge in [0.05, 0.1) is 16.8 Å². The molecule has 1 N–H and O–H groups in total. The Kier molecular flexibility index (Phi) is 12.4. The number of aromatic nitrogens is 3. The third-order valence-electron chi connectivity index (χ3n) is 5.40. The van der Waals surface area contributed by atoms with Crippen LogP contribution in [0.25, 0.3) is 0 Å². The Labute approximate surface area is 193 Å². The van der Waals surface area contributed by atoms with E-state index < -0.39 is 0 Å². The fraction of sp³-hybridized carbons (Fsp3) is 0.818. The van der Waals surface area contributed by atoms with Crippen LogP contribution in [-0.2, 0) is 41.6 Å². The van der Waals surface area contributed by atoms with Gasteiger partial charge in [0, 0.05) is 23.8 Å². The van der Waals surface area contributed by atoms with Crippen LogP contribution in [0.4, 0.5) is 0 Å². The van der Waals surface area contributed by atoms with Gasteiger partial charge in [-0.05, 0) is 67.9 Å². The van der Waals surface area contributed by atoms with E-state index in [-0.39, 0.29) is 50.6 Å². The van der Waals surface area contributed by atoms with Gasteiger partial charge in [0.2, 0.25) is 0 Å². The third-order valence-corrected chi connectivity index (χ3v) is 5.40. The van der Waals surface area contributed by atoms with Gasteiger partial charge in [-0.25, -0.2) is 4.68 Å². The van der Waals surface area contributed by atoms with Crippen molar-refractivity contribution in [1.29, 1.82) is 0 Å². The quantitative estimate of drug-likeness (QED) is 0.377. The molecule has 29 heavy (non-hydrogen) atoms. The molecule has 168 valence electrons. The fourth-order valence-corrected chi connectivity index (χ4v) is 3.27. The van der Waals surface area contributed by atoms with Crippen LogP contribution in [0.5, 0.6) is 0 Å². The minimum Gasteiger partial charge on any atom is -0.542 e. The maximum absolute atomic E-state index is 10.5. The molecule has 6 nitrogen and oxygen atoms in total. The summed E-state index contributed by atoms with van der Waals surface area (Å²) in [6, 6.07) is 0. The van der Waals surface area contributed by atoms with Crippen molar-refractivity contribution in [2.24, 2.45) is 0 Å². The standard InChI is InChI=1S/C21H39N4O2.CH3.W/c1-18(2,16-19(3,4)22-9)17-15-25(24-23-17)20(5,6)12-14-27-21(7,8)11-10-13-26;;/h15,22H,10-12,14,16H2,1-9H3;1H3;/q2*-1;+2. The van der Waals surface area contributed by atoms with E-state index in [9.17, 15) is 4.79 Å². The first-order chi connectivity index (χ1) is 12.2. The van der Waals surface area contributed by atoms with Crippen LogP contribution in [-0.4, -0.2) is 46.1 Å². The SMILES string of the molecule is CNC(C)(C)CC(C)(C)c1cn(C(C)(C)CCOC(C)(C)CC[C-]=O)nn1.[CH3-].[W+2]. The number of hydrogen-bond acceptors (Lipinski definition) is 5. The Bertz CT molecular complexity index is 610. The van der Waals surface area contributed by atoms with Crippen molar-refractivity contribution in [3.63, 3.8) is 0 Å². The Hall–Kier alpha value is -0.582. The van der Waals surface area contributed by atoms with Crippen LogP contribution in [0, 0.1) is 7.43 Å². The van der Waals surface area contributed by atoms with Crippen LogP contribution >= 0.6 is 0 Å². The smallest absolute Gasteiger partial charge is 0.542 e. The van der Waals surface area contributed by atoms with Crippen molar-refractivity contribution in [2.45, 2.75) is 103 Å². The summed E-state index contributed by atoms with van der Waals surface area (Å²) in [4.78, 5) is 10.5. The first-order valence-corrected chi connectivity index (χ1v) is 9.86. The van der Waals surface area contributed by atoms with E-state index in [1.807, 2.05) is 31.9 Å². The van der Waals surface area contributed by atoms with Gasteiger partial charge in [0.25, 0.3) is 0 Å². The molecular formula is C22H42N4O2W. The number of nitrogens with zero attached hydrogens (tertiary/aromatic N) is 3. The molecule has 0 aliphatic heterocycles. The van der Waals surface area contributed by atoms with Crippen LogP contribution < -0.4 is 5.32 Å². The van der Waals surface area contributed by atoms with Crippen LogP contribution in [0.1, 0.15) is 86.8 Å². The van der Waals surface area contributed by atoms with E-state index in [4.69, 9.17) is 4.74 Å². The van der Waals surface area contributed by atoms with Crippen molar-refractivity contribution >= 4 is 6.29 Å². The van der Waals surface area contributed by atoms with Crippen molar-refractivity contribution in [3.8, 4) is 0 Å². The summed E-state index contributed by atoms with van der Waals surface area (Å²) in [7, 11) is 1.99. The Morgan fingerprint density at radius 3 is 2.21 bits per heavy atom. The van der Waals surface area contributed by atoms with Gasteiger partial charge in [-0.1, -0.05) is 19.1 Å². The van der Waals surface area contributed by atoms with E-state index in [1.165, 1.54) is 0 Å². The average Bonchev–Trinajstić information content (AvgIpc) is 3.03. The predicted octanol–water partition coefficient (Wildman–Crippen LogP) is 4.20. The van der Waals surface area contributed by atoms with Crippen molar-refractivity contribution < 1.29 is 30.6 Å². The molecule has 0 bridgehead atoms. The minimum absolute atomic E-state index is 0. The number of hydrogen-bond donors (Lipinski definition) is 1. The van der Waals surface area contributed by atoms with Crippen molar-refractivity contribution in [3.05, 3.63) is 19.3 Å². The molecule has 0 saturated carbocycles. The second kappa shape index (κ2) is 11.7. The van der Waals surface area contributed by atoms with Gasteiger partial charge in [-0.15, -0.1) is 11.5 Å². The first kappa shape index (κ1) is 30.6. The zero-order valence-corrected chi connectivity index (χ0v) is 23.1. The number of carbonyl (C=O) groups excluding carboxylic acids is 1. The van der Waals surface area contributed by atoms with Crippen molar-refractivity contribution in [1.82, 2.24) is 20.3 Å². The molecule has 0 aliphatic rings. The molecule has 0 unspecified atom stereocenters. The molecule has 1 rings (SSSR count). The third kappa shape index (κ3) is 9.85. The van der Waals surface area contributed by atoms with E-state index in [1.54, 1.807) is 0 Å². The molecule has 1 heterocycles. The topological polar surface area (TPSA) is 69.0 Å². The zero-order valence-electron chi connectivity index (χ0n) is 20.2. The summed E-state index contributed by atoms with van der Waals surface area (Å²) in [5.41, 5.74) is 0.432. The van der Waals surface area contributed by atoms with E-state index in [0.29, 0.717) is 19.4 Å². The van der Waals surface area contributed by atoms with Crippen LogP contribution in [0.2, 0.25) is 0 Å². The number of nitrogens with one attached hydrogen (secondary N) is 1. The summed E-state index contributed by atoms with van der Waals surface area (Å²) in [5.74, 6) is 0. The average molecular weight is 578 g/mol. The van der Waals surface area contributed by atoms with E-state index in [0.717, 1.165) is 18.5 Å². The molecule has 0 spiro atoms. The first-order valence-electron chi connectivity index (χ1n) is 9.86. The molecule has 1 aromatic rings. The van der Waals surface area contributed by atoms with Crippen LogP contribution in [0.3, 0.4) is 0 Å². The molecule has 0 radical (unpaired) electrons. The Morgan fingerprint density at radius 1 is 1.10 bits per heavy atom. The maximum atomic E-state index is 10.5. The normalized spacial score (nSPS) is 12.9. The number of ether oxygens (including phenoxy) is 1. The molecule has 0 amide bonds. The predicted molar refractivity (Wildman–Crippen MR) is 116 cm³/mol. The fourth-order valence-electron chi connectivity index (χ4n) is 3.27. The van der Waals surface area contributed by atoms with E-state index >= 15 is 0 Å². The van der Waals surface area contributed by atoms with Gasteiger partial charge in [0.1, 0.15) is 0 Å². The largest absolute Gasteiger partial charge is 2.00 e. The van der Waals surface area contributed by atoms with Gasteiger partial charge >= 0.3 is 21.1 Å². The summed E-state index contributed by atoms with van der Waals surface area (Å²) in [6.45, 7) is 17.7. The molecule has 0 fully saturated rings. The summed E-state index contributed by atoms with van der Waals surface area (Å²) in [5, 5.41) is 12.3. The Morgan fingerprint density at radius 2 is 1.69 bits per heavy atom. The van der Waals surface area contributed by atoms with Gasteiger partial charge in [-0.2, -0.15) is 0 Å². The second-order valence-electron chi connectivity index (χ2n) is 10.1. The monoisotopic (exact) mass is 578 g/mol. The van der Waals surface area contributed by atoms with Gasteiger partial charge in [-0.3, -0.25) is 6.29 Å². The molecule has 0 saturated heterocycles. The maximum Gasteiger partial charge on any atom is 2.00 e. The molecular weight excluding hydrogens is 536 g/mol. The van der Waals surface area contributed by atoms with E-state index in [2.05, 4.69) is 63.4 Å².